The van der Waals surface area contributed by atoms with Gasteiger partial charge in [0.15, 0.2) is 0 Å². The topological polar surface area (TPSA) is 63.6 Å². The third-order valence-electron chi connectivity index (χ3n) is 3.54. The Bertz CT molecular complexity index is 896. The highest BCUT2D eigenvalue weighted by Gasteiger charge is 2.03. The summed E-state index contributed by atoms with van der Waals surface area (Å²) < 4.78 is 5.72. The van der Waals surface area contributed by atoms with Crippen LogP contribution in [0.15, 0.2) is 78.2 Å². The summed E-state index contributed by atoms with van der Waals surface area (Å²) in [6.45, 7) is 0.397. The number of hydrazone groups is 1. The Morgan fingerprint density at radius 3 is 2.65 bits per heavy atom. The number of ether oxygens (including phenoxy) is 1. The Hall–Kier alpha value is -3.18. The fraction of sp³-hybridized carbons (Fsp3) is 0.0500. The summed E-state index contributed by atoms with van der Waals surface area (Å²) >= 11 is 6.11. The normalized spacial score (nSPS) is 10.7. The van der Waals surface area contributed by atoms with Crippen LogP contribution >= 0.6 is 11.6 Å². The van der Waals surface area contributed by atoms with Crippen LogP contribution < -0.4 is 10.2 Å². The molecule has 0 unspecified atom stereocenters. The molecule has 26 heavy (non-hydrogen) atoms. The van der Waals surface area contributed by atoms with Crippen LogP contribution in [0.5, 0.6) is 5.75 Å². The lowest BCUT2D eigenvalue weighted by Crippen LogP contribution is -2.17. The molecular formula is C20H16ClN3O2. The first-order chi connectivity index (χ1) is 12.7. The fourth-order valence-electron chi connectivity index (χ4n) is 2.15. The number of carbonyl (C=O) groups is 1. The number of amides is 1. The van der Waals surface area contributed by atoms with Crippen molar-refractivity contribution in [3.8, 4) is 5.75 Å². The van der Waals surface area contributed by atoms with Crippen LogP contribution in [-0.4, -0.2) is 17.1 Å². The first kappa shape index (κ1) is 17.6. The highest BCUT2D eigenvalue weighted by atomic mass is 35.5. The molecule has 0 spiro atoms. The van der Waals surface area contributed by atoms with Crippen molar-refractivity contribution in [3.05, 3.63) is 94.8 Å². The lowest BCUT2D eigenvalue weighted by molar-refractivity contribution is 0.0955. The van der Waals surface area contributed by atoms with Crippen LogP contribution in [0.25, 0.3) is 0 Å². The number of rotatable bonds is 6. The molecule has 3 aromatic rings. The van der Waals surface area contributed by atoms with Crippen molar-refractivity contribution in [2.75, 3.05) is 0 Å². The second kappa shape index (κ2) is 8.78. The van der Waals surface area contributed by atoms with Crippen LogP contribution in [0, 0.1) is 0 Å². The van der Waals surface area contributed by atoms with Gasteiger partial charge in [-0.25, -0.2) is 5.43 Å². The highest BCUT2D eigenvalue weighted by molar-refractivity contribution is 6.31. The number of carbonyl (C=O) groups excluding carboxylic acids is 1. The van der Waals surface area contributed by atoms with E-state index >= 15 is 0 Å². The van der Waals surface area contributed by atoms with Gasteiger partial charge < -0.3 is 4.74 Å². The van der Waals surface area contributed by atoms with Crippen molar-refractivity contribution in [1.29, 1.82) is 0 Å². The first-order valence-corrected chi connectivity index (χ1v) is 8.30. The van der Waals surface area contributed by atoms with Crippen molar-refractivity contribution in [2.24, 2.45) is 5.10 Å². The summed E-state index contributed by atoms with van der Waals surface area (Å²) in [7, 11) is 0. The van der Waals surface area contributed by atoms with Gasteiger partial charge in [0.2, 0.25) is 0 Å². The molecule has 0 bridgehead atoms. The largest absolute Gasteiger partial charge is 0.489 e. The van der Waals surface area contributed by atoms with E-state index in [0.717, 1.165) is 16.9 Å². The summed E-state index contributed by atoms with van der Waals surface area (Å²) in [6, 6.07) is 18.3. The average molecular weight is 366 g/mol. The molecule has 0 saturated carbocycles. The number of aromatic nitrogens is 1. The van der Waals surface area contributed by atoms with Gasteiger partial charge >= 0.3 is 0 Å². The number of hydrogen-bond acceptors (Lipinski definition) is 4. The molecule has 0 aliphatic carbocycles. The van der Waals surface area contributed by atoms with Gasteiger partial charge in [0.25, 0.3) is 5.91 Å². The number of hydrogen-bond donors (Lipinski definition) is 1. The Morgan fingerprint density at radius 2 is 1.92 bits per heavy atom. The number of benzene rings is 2. The molecule has 0 aliphatic rings. The van der Waals surface area contributed by atoms with Gasteiger partial charge in [0, 0.05) is 23.0 Å². The van der Waals surface area contributed by atoms with E-state index < -0.39 is 0 Å². The predicted octanol–water partition coefficient (Wildman–Crippen LogP) is 4.08. The second-order valence-corrected chi connectivity index (χ2v) is 5.80. The van der Waals surface area contributed by atoms with Crippen molar-refractivity contribution in [2.45, 2.75) is 6.61 Å². The lowest BCUT2D eigenvalue weighted by Gasteiger charge is -2.07. The molecule has 1 aromatic heterocycles. The van der Waals surface area contributed by atoms with Crippen LogP contribution in [0.3, 0.4) is 0 Å². The van der Waals surface area contributed by atoms with Gasteiger partial charge in [-0.2, -0.15) is 5.10 Å². The molecule has 6 heteroatoms. The molecular weight excluding hydrogens is 350 g/mol. The zero-order chi connectivity index (χ0) is 18.2. The van der Waals surface area contributed by atoms with E-state index in [0.29, 0.717) is 17.2 Å². The molecule has 0 aliphatic heterocycles. The Labute approximate surface area is 156 Å². The van der Waals surface area contributed by atoms with E-state index in [-0.39, 0.29) is 5.91 Å². The summed E-state index contributed by atoms with van der Waals surface area (Å²) in [5, 5.41) is 4.62. The standard InChI is InChI=1S/C20H16ClN3O2/c21-19-6-2-1-4-17(19)14-26-18-9-7-15(8-10-18)12-23-24-20(25)16-5-3-11-22-13-16/h1-13H,14H2,(H,24,25). The van der Waals surface area contributed by atoms with Crippen molar-refractivity contribution in [3.63, 3.8) is 0 Å². The van der Waals surface area contributed by atoms with Gasteiger partial charge in [-0.05, 0) is 48.0 Å². The van der Waals surface area contributed by atoms with Crippen molar-refractivity contribution >= 4 is 23.7 Å². The fourth-order valence-corrected chi connectivity index (χ4v) is 2.34. The highest BCUT2D eigenvalue weighted by Crippen LogP contribution is 2.18. The van der Waals surface area contributed by atoms with E-state index in [9.17, 15) is 4.79 Å². The van der Waals surface area contributed by atoms with Gasteiger partial charge in [-0.3, -0.25) is 9.78 Å². The molecule has 0 fully saturated rings. The SMILES string of the molecule is O=C(NN=Cc1ccc(OCc2ccccc2Cl)cc1)c1cccnc1. The van der Waals surface area contributed by atoms with Crippen LogP contribution in [0.4, 0.5) is 0 Å². The van der Waals surface area contributed by atoms with Gasteiger partial charge in [0.1, 0.15) is 12.4 Å². The number of nitrogens with one attached hydrogen (secondary N) is 1. The van der Waals surface area contributed by atoms with Gasteiger partial charge in [-0.15, -0.1) is 0 Å². The molecule has 0 saturated heterocycles. The van der Waals surface area contributed by atoms with Crippen molar-refractivity contribution < 1.29 is 9.53 Å². The minimum Gasteiger partial charge on any atom is -0.489 e. The van der Waals surface area contributed by atoms with E-state index in [1.807, 2.05) is 48.5 Å². The monoisotopic (exact) mass is 365 g/mol. The zero-order valence-corrected chi connectivity index (χ0v) is 14.6. The summed E-state index contributed by atoms with van der Waals surface area (Å²) in [4.78, 5) is 15.7. The molecule has 0 radical (unpaired) electrons. The third kappa shape index (κ3) is 4.91. The van der Waals surface area contributed by atoms with Gasteiger partial charge in [-0.1, -0.05) is 29.8 Å². The number of halogens is 1. The zero-order valence-electron chi connectivity index (χ0n) is 13.8. The predicted molar refractivity (Wildman–Crippen MR) is 102 cm³/mol. The molecule has 5 nitrogen and oxygen atoms in total. The maximum absolute atomic E-state index is 11.8. The van der Waals surface area contributed by atoms with E-state index in [2.05, 4.69) is 15.5 Å². The van der Waals surface area contributed by atoms with Crippen LogP contribution in [0.1, 0.15) is 21.5 Å². The average Bonchev–Trinajstić information content (AvgIpc) is 2.69. The van der Waals surface area contributed by atoms with E-state index in [1.54, 1.807) is 24.5 Å². The first-order valence-electron chi connectivity index (χ1n) is 7.92. The number of pyridine rings is 1. The maximum atomic E-state index is 11.8. The molecule has 1 heterocycles. The smallest absolute Gasteiger partial charge is 0.272 e. The molecule has 1 amide bonds. The second-order valence-electron chi connectivity index (χ2n) is 5.39. The van der Waals surface area contributed by atoms with Crippen molar-refractivity contribution in [1.82, 2.24) is 10.4 Å². The molecule has 130 valence electrons. The third-order valence-corrected chi connectivity index (χ3v) is 3.90. The summed E-state index contributed by atoms with van der Waals surface area (Å²) in [5.41, 5.74) is 4.67. The van der Waals surface area contributed by atoms with Crippen LogP contribution in [0.2, 0.25) is 5.02 Å². The van der Waals surface area contributed by atoms with Gasteiger partial charge in [0.05, 0.1) is 11.8 Å². The molecule has 1 N–H and O–H groups in total. The van der Waals surface area contributed by atoms with Crippen LogP contribution in [-0.2, 0) is 6.61 Å². The van der Waals surface area contributed by atoms with E-state index in [4.69, 9.17) is 16.3 Å². The summed E-state index contributed by atoms with van der Waals surface area (Å²) in [5.74, 6) is 0.413. The maximum Gasteiger partial charge on any atom is 0.272 e. The molecule has 3 rings (SSSR count). The molecule has 0 atom stereocenters. The quantitative estimate of drug-likeness (QED) is 0.529. The molecule has 2 aromatic carbocycles. The number of nitrogens with zero attached hydrogens (tertiary/aromatic N) is 2. The van der Waals surface area contributed by atoms with E-state index in [1.165, 1.54) is 6.20 Å². The Kier molecular flexibility index (Phi) is 5.96. The minimum atomic E-state index is -0.311. The Morgan fingerprint density at radius 1 is 1.12 bits per heavy atom. The minimum absolute atomic E-state index is 0.311. The lowest BCUT2D eigenvalue weighted by atomic mass is 10.2. The summed E-state index contributed by atoms with van der Waals surface area (Å²) in [6.07, 6.45) is 4.65. The Balaban J connectivity index is 1.53.